The topological polar surface area (TPSA) is 55.1 Å². The van der Waals surface area contributed by atoms with E-state index in [0.29, 0.717) is 17.8 Å². The van der Waals surface area contributed by atoms with Crippen molar-refractivity contribution in [3.05, 3.63) is 65.2 Å². The second kappa shape index (κ2) is 6.00. The Bertz CT molecular complexity index is 647. The number of nitrogens with two attached hydrogens (primary N) is 1. The third-order valence-electron chi connectivity index (χ3n) is 3.77. The first-order valence-corrected chi connectivity index (χ1v) is 7.10. The van der Waals surface area contributed by atoms with E-state index in [2.05, 4.69) is 38.2 Å². The van der Waals surface area contributed by atoms with Gasteiger partial charge in [0, 0.05) is 17.6 Å². The molecule has 110 valence electrons. The van der Waals surface area contributed by atoms with Gasteiger partial charge in [-0.3, -0.25) is 4.79 Å². The van der Waals surface area contributed by atoms with E-state index in [4.69, 9.17) is 5.73 Å². The first-order valence-electron chi connectivity index (χ1n) is 7.10. The van der Waals surface area contributed by atoms with E-state index in [0.717, 1.165) is 0 Å². The maximum atomic E-state index is 12.2. The number of nitrogen functional groups attached to an aromatic ring is 1. The number of rotatable bonds is 4. The Morgan fingerprint density at radius 1 is 1.10 bits per heavy atom. The SMILES string of the molecule is Cc1ccccc1C(C)(C)CNC(=O)c1ccccc1N. The van der Waals surface area contributed by atoms with Crippen LogP contribution in [0, 0.1) is 6.92 Å². The van der Waals surface area contributed by atoms with E-state index in [1.165, 1.54) is 11.1 Å². The molecule has 1 amide bonds. The molecule has 3 N–H and O–H groups in total. The van der Waals surface area contributed by atoms with Gasteiger partial charge in [-0.05, 0) is 30.2 Å². The number of hydrogen-bond acceptors (Lipinski definition) is 2. The molecule has 21 heavy (non-hydrogen) atoms. The monoisotopic (exact) mass is 282 g/mol. The molecule has 0 aromatic heterocycles. The van der Waals surface area contributed by atoms with Crippen LogP contribution >= 0.6 is 0 Å². The van der Waals surface area contributed by atoms with Gasteiger partial charge in [0.2, 0.25) is 0 Å². The highest BCUT2D eigenvalue weighted by molar-refractivity contribution is 5.99. The summed E-state index contributed by atoms with van der Waals surface area (Å²) < 4.78 is 0. The van der Waals surface area contributed by atoms with E-state index >= 15 is 0 Å². The fourth-order valence-corrected chi connectivity index (χ4v) is 2.53. The van der Waals surface area contributed by atoms with Gasteiger partial charge >= 0.3 is 0 Å². The van der Waals surface area contributed by atoms with Crippen molar-refractivity contribution >= 4 is 11.6 Å². The van der Waals surface area contributed by atoms with Crippen molar-refractivity contribution in [2.45, 2.75) is 26.2 Å². The van der Waals surface area contributed by atoms with Crippen LogP contribution in [0.2, 0.25) is 0 Å². The van der Waals surface area contributed by atoms with Crippen LogP contribution in [0.4, 0.5) is 5.69 Å². The fraction of sp³-hybridized carbons (Fsp3) is 0.278. The van der Waals surface area contributed by atoms with Crippen LogP contribution in [0.3, 0.4) is 0 Å². The van der Waals surface area contributed by atoms with Crippen LogP contribution in [0.15, 0.2) is 48.5 Å². The highest BCUT2D eigenvalue weighted by atomic mass is 16.1. The van der Waals surface area contributed by atoms with Crippen LogP contribution in [-0.4, -0.2) is 12.5 Å². The standard InChI is InChI=1S/C18H22N2O/c1-13-8-4-6-10-15(13)18(2,3)12-20-17(21)14-9-5-7-11-16(14)19/h4-11H,12,19H2,1-3H3,(H,20,21). The minimum absolute atomic E-state index is 0.130. The molecule has 0 aliphatic carbocycles. The number of aryl methyl sites for hydroxylation is 1. The molecule has 3 heteroatoms. The van der Waals surface area contributed by atoms with E-state index in [9.17, 15) is 4.79 Å². The minimum Gasteiger partial charge on any atom is -0.398 e. The number of carbonyl (C=O) groups is 1. The molecule has 2 aromatic rings. The maximum absolute atomic E-state index is 12.2. The Morgan fingerprint density at radius 3 is 2.38 bits per heavy atom. The molecule has 0 saturated heterocycles. The lowest BCUT2D eigenvalue weighted by atomic mass is 9.82. The first-order chi connectivity index (χ1) is 9.92. The lowest BCUT2D eigenvalue weighted by Gasteiger charge is -2.27. The fourth-order valence-electron chi connectivity index (χ4n) is 2.53. The molecule has 0 heterocycles. The van der Waals surface area contributed by atoms with Crippen molar-refractivity contribution < 1.29 is 4.79 Å². The molecule has 2 aromatic carbocycles. The molecule has 2 rings (SSSR count). The number of hydrogen-bond donors (Lipinski definition) is 2. The largest absolute Gasteiger partial charge is 0.398 e. The number of para-hydroxylation sites is 1. The lowest BCUT2D eigenvalue weighted by molar-refractivity contribution is 0.0946. The quantitative estimate of drug-likeness (QED) is 0.845. The summed E-state index contributed by atoms with van der Waals surface area (Å²) in [5, 5.41) is 2.99. The molecule has 0 aliphatic heterocycles. The molecule has 0 fully saturated rings. The zero-order chi connectivity index (χ0) is 15.5. The Hall–Kier alpha value is -2.29. The molecular formula is C18H22N2O. The van der Waals surface area contributed by atoms with Crippen LogP contribution in [0.1, 0.15) is 35.3 Å². The van der Waals surface area contributed by atoms with Gasteiger partial charge in [-0.2, -0.15) is 0 Å². The van der Waals surface area contributed by atoms with E-state index < -0.39 is 0 Å². The van der Waals surface area contributed by atoms with Gasteiger partial charge in [-0.25, -0.2) is 0 Å². The summed E-state index contributed by atoms with van der Waals surface area (Å²) in [6, 6.07) is 15.4. The Balaban J connectivity index is 2.11. The summed E-state index contributed by atoms with van der Waals surface area (Å²) in [5.74, 6) is -0.130. The Morgan fingerprint density at radius 2 is 1.71 bits per heavy atom. The van der Waals surface area contributed by atoms with Crippen molar-refractivity contribution in [1.29, 1.82) is 0 Å². The molecule has 0 spiro atoms. The highest BCUT2D eigenvalue weighted by Crippen LogP contribution is 2.25. The molecular weight excluding hydrogens is 260 g/mol. The lowest BCUT2D eigenvalue weighted by Crippen LogP contribution is -2.37. The summed E-state index contributed by atoms with van der Waals surface area (Å²) in [6.45, 7) is 6.91. The van der Waals surface area contributed by atoms with Crippen LogP contribution in [0.25, 0.3) is 0 Å². The van der Waals surface area contributed by atoms with Gasteiger partial charge in [0.15, 0.2) is 0 Å². The average Bonchev–Trinajstić information content (AvgIpc) is 2.45. The van der Waals surface area contributed by atoms with Gasteiger partial charge < -0.3 is 11.1 Å². The zero-order valence-electron chi connectivity index (χ0n) is 12.8. The van der Waals surface area contributed by atoms with Gasteiger partial charge in [0.1, 0.15) is 0 Å². The summed E-state index contributed by atoms with van der Waals surface area (Å²) >= 11 is 0. The normalized spacial score (nSPS) is 11.2. The van der Waals surface area contributed by atoms with Crippen LogP contribution < -0.4 is 11.1 Å². The van der Waals surface area contributed by atoms with Crippen molar-refractivity contribution in [3.8, 4) is 0 Å². The number of amides is 1. The van der Waals surface area contributed by atoms with Crippen molar-refractivity contribution in [2.75, 3.05) is 12.3 Å². The van der Waals surface area contributed by atoms with Gasteiger partial charge in [0.05, 0.1) is 5.56 Å². The molecule has 0 aliphatic rings. The van der Waals surface area contributed by atoms with Crippen LogP contribution in [-0.2, 0) is 5.41 Å². The zero-order valence-corrected chi connectivity index (χ0v) is 12.8. The number of anilines is 1. The molecule has 0 unspecified atom stereocenters. The average molecular weight is 282 g/mol. The predicted octanol–water partition coefficient (Wildman–Crippen LogP) is 3.28. The Labute approximate surface area is 126 Å². The maximum Gasteiger partial charge on any atom is 0.253 e. The summed E-state index contributed by atoms with van der Waals surface area (Å²) in [5.41, 5.74) is 9.20. The van der Waals surface area contributed by atoms with Gasteiger partial charge in [0.25, 0.3) is 5.91 Å². The second-order valence-corrected chi connectivity index (χ2v) is 5.97. The highest BCUT2D eigenvalue weighted by Gasteiger charge is 2.23. The number of benzene rings is 2. The molecule has 0 atom stereocenters. The molecule has 0 radical (unpaired) electrons. The summed E-state index contributed by atoms with van der Waals surface area (Å²) in [6.07, 6.45) is 0. The van der Waals surface area contributed by atoms with Crippen LogP contribution in [0.5, 0.6) is 0 Å². The Kier molecular flexibility index (Phi) is 4.32. The molecule has 3 nitrogen and oxygen atoms in total. The molecule has 0 saturated carbocycles. The number of nitrogens with one attached hydrogen (secondary N) is 1. The van der Waals surface area contributed by atoms with Gasteiger partial charge in [-0.1, -0.05) is 50.2 Å². The van der Waals surface area contributed by atoms with Crippen molar-refractivity contribution in [3.63, 3.8) is 0 Å². The van der Waals surface area contributed by atoms with Crippen molar-refractivity contribution in [2.24, 2.45) is 0 Å². The first kappa shape index (κ1) is 15.1. The second-order valence-electron chi connectivity index (χ2n) is 5.97. The smallest absolute Gasteiger partial charge is 0.253 e. The van der Waals surface area contributed by atoms with Crippen molar-refractivity contribution in [1.82, 2.24) is 5.32 Å². The summed E-state index contributed by atoms with van der Waals surface area (Å²) in [4.78, 5) is 12.2. The number of carbonyl (C=O) groups excluding carboxylic acids is 1. The van der Waals surface area contributed by atoms with E-state index in [1.54, 1.807) is 12.1 Å². The van der Waals surface area contributed by atoms with Gasteiger partial charge in [-0.15, -0.1) is 0 Å². The third-order valence-corrected chi connectivity index (χ3v) is 3.77. The predicted molar refractivity (Wildman–Crippen MR) is 87.4 cm³/mol. The minimum atomic E-state index is -0.134. The van der Waals surface area contributed by atoms with E-state index in [1.807, 2.05) is 24.3 Å². The summed E-state index contributed by atoms with van der Waals surface area (Å²) in [7, 11) is 0. The third kappa shape index (κ3) is 3.43. The van der Waals surface area contributed by atoms with E-state index in [-0.39, 0.29) is 11.3 Å². The molecule has 0 bridgehead atoms.